The summed E-state index contributed by atoms with van der Waals surface area (Å²) in [5.41, 5.74) is 0.858. The Balaban J connectivity index is 2.50. The minimum atomic E-state index is -0.423. The third-order valence-corrected chi connectivity index (χ3v) is 2.80. The van der Waals surface area contributed by atoms with Gasteiger partial charge in [-0.3, -0.25) is 0 Å². The van der Waals surface area contributed by atoms with Crippen molar-refractivity contribution < 1.29 is 9.63 Å². The summed E-state index contributed by atoms with van der Waals surface area (Å²) in [7, 11) is 0. The Labute approximate surface area is 101 Å². The summed E-state index contributed by atoms with van der Waals surface area (Å²) in [5.74, 6) is 0.124. The topological polar surface area (TPSA) is 44.1 Å². The first-order valence-corrected chi connectivity index (χ1v) is 5.69. The van der Waals surface area contributed by atoms with Crippen LogP contribution in [0.3, 0.4) is 0 Å². The van der Waals surface area contributed by atoms with Crippen LogP contribution in [-0.2, 0) is 4.79 Å². The van der Waals surface area contributed by atoms with Gasteiger partial charge in [0, 0.05) is 12.5 Å². The van der Waals surface area contributed by atoms with E-state index < -0.39 is 5.97 Å². The summed E-state index contributed by atoms with van der Waals surface area (Å²) < 4.78 is 5.85. The van der Waals surface area contributed by atoms with Gasteiger partial charge in [-0.25, -0.2) is 4.79 Å². The molecule has 0 unspecified atom stereocenters. The Hall–Kier alpha value is -1.53. The van der Waals surface area contributed by atoms with E-state index in [-0.39, 0.29) is 0 Å². The lowest BCUT2D eigenvalue weighted by Crippen LogP contribution is -2.17. The van der Waals surface area contributed by atoms with Gasteiger partial charge in [-0.2, -0.15) is 4.37 Å². The highest BCUT2D eigenvalue weighted by Crippen LogP contribution is 2.18. The molecule has 1 aromatic carbocycles. The molecule has 6 heteroatoms. The molecule has 0 saturated carbocycles. The molecular weight excluding hydrogens is 244 g/mol. The van der Waals surface area contributed by atoms with Crippen molar-refractivity contribution in [3.05, 3.63) is 34.3 Å². The minimum absolute atomic E-state index is 0.411. The van der Waals surface area contributed by atoms with E-state index in [0.29, 0.717) is 9.78 Å². The Bertz CT molecular complexity index is 560. The van der Waals surface area contributed by atoms with E-state index in [1.165, 1.54) is 11.7 Å². The predicted octanol–water partition coefficient (Wildman–Crippen LogP) is 2.32. The Morgan fingerprint density at radius 1 is 1.44 bits per heavy atom. The van der Waals surface area contributed by atoms with Crippen LogP contribution in [-0.4, -0.2) is 15.1 Å². The molecule has 0 aliphatic heterocycles. The van der Waals surface area contributed by atoms with Gasteiger partial charge in [0.2, 0.25) is 3.95 Å². The molecule has 0 saturated heterocycles. The van der Waals surface area contributed by atoms with Crippen LogP contribution in [0, 0.1) is 3.95 Å². The summed E-state index contributed by atoms with van der Waals surface area (Å²) in [6, 6.07) is 9.43. The molecular formula is C10H8N2O2S2. The molecule has 4 nitrogen and oxygen atoms in total. The summed E-state index contributed by atoms with van der Waals surface area (Å²) in [6.45, 7) is 1.33. The molecule has 0 atom stereocenters. The standard InChI is InChI=1S/C10H8N2O2S2/c1-7(13)14-12-9(11-16-10(12)15)8-5-3-2-4-6-8/h2-6H,1H3. The van der Waals surface area contributed by atoms with Gasteiger partial charge in [0.05, 0.1) is 0 Å². The van der Waals surface area contributed by atoms with Crippen LogP contribution < -0.4 is 4.84 Å². The zero-order chi connectivity index (χ0) is 11.5. The molecule has 0 bridgehead atoms. The maximum Gasteiger partial charge on any atom is 0.330 e. The van der Waals surface area contributed by atoms with E-state index in [2.05, 4.69) is 4.37 Å². The van der Waals surface area contributed by atoms with Crippen LogP contribution in [0.2, 0.25) is 0 Å². The molecule has 0 spiro atoms. The van der Waals surface area contributed by atoms with E-state index >= 15 is 0 Å². The predicted molar refractivity (Wildman–Crippen MR) is 63.6 cm³/mol. The average Bonchev–Trinajstić information content (AvgIpc) is 2.61. The fraction of sp³-hybridized carbons (Fsp3) is 0.100. The van der Waals surface area contributed by atoms with Gasteiger partial charge < -0.3 is 4.84 Å². The van der Waals surface area contributed by atoms with Crippen molar-refractivity contribution in [2.75, 3.05) is 0 Å². The SMILES string of the molecule is CC(=O)On1c(-c2ccccc2)nsc1=S. The highest BCUT2D eigenvalue weighted by Gasteiger charge is 2.11. The van der Waals surface area contributed by atoms with Gasteiger partial charge in [0.1, 0.15) is 0 Å². The van der Waals surface area contributed by atoms with Gasteiger partial charge in [0.15, 0.2) is 5.82 Å². The lowest BCUT2D eigenvalue weighted by atomic mass is 10.2. The van der Waals surface area contributed by atoms with Crippen LogP contribution >= 0.6 is 23.8 Å². The Morgan fingerprint density at radius 3 is 2.75 bits per heavy atom. The van der Waals surface area contributed by atoms with E-state index in [4.69, 9.17) is 17.1 Å². The molecule has 2 aromatic rings. The zero-order valence-corrected chi connectivity index (χ0v) is 10.0. The third-order valence-electron chi connectivity index (χ3n) is 1.82. The van der Waals surface area contributed by atoms with Crippen LogP contribution in [0.4, 0.5) is 0 Å². The number of benzene rings is 1. The molecule has 1 heterocycles. The van der Waals surface area contributed by atoms with Crippen LogP contribution in [0.25, 0.3) is 11.4 Å². The summed E-state index contributed by atoms with van der Waals surface area (Å²) in [6.07, 6.45) is 0. The molecule has 0 aliphatic rings. The minimum Gasteiger partial charge on any atom is -0.333 e. The third kappa shape index (κ3) is 2.17. The van der Waals surface area contributed by atoms with Gasteiger partial charge in [-0.15, -0.1) is 4.73 Å². The van der Waals surface area contributed by atoms with E-state index in [9.17, 15) is 4.79 Å². The summed E-state index contributed by atoms with van der Waals surface area (Å²) >= 11 is 6.15. The smallest absolute Gasteiger partial charge is 0.330 e. The number of nitrogens with zero attached hydrogens (tertiary/aromatic N) is 2. The number of rotatable bonds is 2. The second-order valence-corrected chi connectivity index (χ2v) is 4.41. The normalized spacial score (nSPS) is 10.1. The molecule has 0 aliphatic carbocycles. The molecule has 0 amide bonds. The first-order chi connectivity index (χ1) is 7.68. The van der Waals surface area contributed by atoms with Crippen LogP contribution in [0.15, 0.2) is 30.3 Å². The van der Waals surface area contributed by atoms with Crippen molar-refractivity contribution in [3.8, 4) is 11.4 Å². The van der Waals surface area contributed by atoms with Gasteiger partial charge in [-0.1, -0.05) is 30.3 Å². The summed E-state index contributed by atoms with van der Waals surface area (Å²) in [5, 5.41) is 0. The largest absolute Gasteiger partial charge is 0.333 e. The monoisotopic (exact) mass is 252 g/mol. The van der Waals surface area contributed by atoms with Crippen LogP contribution in [0.1, 0.15) is 6.92 Å². The lowest BCUT2D eigenvalue weighted by Gasteiger charge is -2.04. The number of carbonyl (C=O) groups excluding carboxylic acids is 1. The van der Waals surface area contributed by atoms with Gasteiger partial charge in [0.25, 0.3) is 0 Å². The molecule has 16 heavy (non-hydrogen) atoms. The first-order valence-electron chi connectivity index (χ1n) is 4.51. The molecule has 2 rings (SSSR count). The first kappa shape index (κ1) is 11.0. The van der Waals surface area contributed by atoms with Crippen molar-refractivity contribution in [1.82, 2.24) is 9.10 Å². The fourth-order valence-electron chi connectivity index (χ4n) is 1.21. The van der Waals surface area contributed by atoms with Crippen molar-refractivity contribution in [1.29, 1.82) is 0 Å². The summed E-state index contributed by atoms with van der Waals surface area (Å²) in [4.78, 5) is 15.9. The van der Waals surface area contributed by atoms with Gasteiger partial charge in [-0.05, 0) is 23.8 Å². The molecule has 82 valence electrons. The van der Waals surface area contributed by atoms with Crippen molar-refractivity contribution in [3.63, 3.8) is 0 Å². The number of aromatic nitrogens is 2. The maximum absolute atomic E-state index is 10.9. The fourth-order valence-corrected chi connectivity index (χ4v) is 1.99. The second kappa shape index (κ2) is 4.54. The quantitative estimate of drug-likeness (QED) is 0.769. The van der Waals surface area contributed by atoms with Crippen molar-refractivity contribution >= 4 is 29.7 Å². The molecule has 1 aromatic heterocycles. The lowest BCUT2D eigenvalue weighted by molar-refractivity contribution is -0.141. The maximum atomic E-state index is 10.9. The number of hydrogen-bond donors (Lipinski definition) is 0. The molecule has 0 radical (unpaired) electrons. The number of carbonyl (C=O) groups is 1. The Morgan fingerprint density at radius 2 is 2.12 bits per heavy atom. The van der Waals surface area contributed by atoms with E-state index in [0.717, 1.165) is 17.1 Å². The van der Waals surface area contributed by atoms with E-state index in [1.54, 1.807) is 0 Å². The molecule has 0 N–H and O–H groups in total. The van der Waals surface area contributed by atoms with Crippen molar-refractivity contribution in [2.24, 2.45) is 0 Å². The number of hydrogen-bond acceptors (Lipinski definition) is 5. The zero-order valence-electron chi connectivity index (χ0n) is 8.41. The highest BCUT2D eigenvalue weighted by molar-refractivity contribution is 7.73. The van der Waals surface area contributed by atoms with E-state index in [1.807, 2.05) is 30.3 Å². The molecule has 0 fully saturated rings. The second-order valence-electron chi connectivity index (χ2n) is 3.02. The van der Waals surface area contributed by atoms with Gasteiger partial charge >= 0.3 is 5.97 Å². The van der Waals surface area contributed by atoms with Crippen LogP contribution in [0.5, 0.6) is 0 Å². The Kier molecular flexibility index (Phi) is 3.12. The van der Waals surface area contributed by atoms with Crippen molar-refractivity contribution in [2.45, 2.75) is 6.92 Å². The average molecular weight is 252 g/mol. The highest BCUT2D eigenvalue weighted by atomic mass is 32.2.